The van der Waals surface area contributed by atoms with Gasteiger partial charge in [0.1, 0.15) is 12.6 Å². The molecule has 0 aliphatic carbocycles. The lowest BCUT2D eigenvalue weighted by molar-refractivity contribution is -0.138. The summed E-state index contributed by atoms with van der Waals surface area (Å²) in [6, 6.07) is 17.6. The minimum Gasteiger partial charge on any atom is -0.388 e. The Morgan fingerprint density at radius 3 is 2.08 bits per heavy atom. The van der Waals surface area contributed by atoms with E-state index in [0.717, 1.165) is 6.07 Å². The largest absolute Gasteiger partial charge is 0.416 e. The molecule has 0 spiro atoms. The van der Waals surface area contributed by atoms with Gasteiger partial charge in [-0.1, -0.05) is 30.0 Å². The van der Waals surface area contributed by atoms with Gasteiger partial charge in [-0.25, -0.2) is 0 Å². The van der Waals surface area contributed by atoms with Crippen molar-refractivity contribution < 1.29 is 32.7 Å². The van der Waals surface area contributed by atoms with Crippen LogP contribution in [0.3, 0.4) is 0 Å². The fourth-order valence-corrected chi connectivity index (χ4v) is 3.79. The van der Waals surface area contributed by atoms with Gasteiger partial charge in [0, 0.05) is 35.3 Å². The van der Waals surface area contributed by atoms with Crippen molar-refractivity contribution in [2.75, 3.05) is 18.5 Å². The molecule has 5 N–H and O–H groups in total. The van der Waals surface area contributed by atoms with E-state index in [1.807, 2.05) is 0 Å². The van der Waals surface area contributed by atoms with Crippen LogP contribution in [-0.4, -0.2) is 41.9 Å². The van der Waals surface area contributed by atoms with E-state index in [1.165, 1.54) is 12.1 Å². The number of Topliss-reactive ketones (excluding diaryl/α,β-unsaturated/α-hetero) is 1. The molecule has 0 unspecified atom stereocenters. The number of aryl methyl sites for hydroxylation is 1. The molecule has 0 aliphatic rings. The summed E-state index contributed by atoms with van der Waals surface area (Å²) < 4.78 is 39.3. The zero-order valence-electron chi connectivity index (χ0n) is 21.4. The van der Waals surface area contributed by atoms with Crippen LogP contribution in [0.4, 0.5) is 18.9 Å². The monoisotopic (exact) mass is 551 g/mol. The Balaban J connectivity index is 1.50. The number of halogens is 3. The maximum atomic E-state index is 13.1. The summed E-state index contributed by atoms with van der Waals surface area (Å²) in [6.45, 7) is -0.842. The Morgan fingerprint density at radius 2 is 1.50 bits per heavy atom. The number of aliphatic hydroxyl groups excluding tert-OH is 1. The third-order valence-electron chi connectivity index (χ3n) is 5.93. The van der Waals surface area contributed by atoms with Crippen LogP contribution in [0.15, 0.2) is 72.8 Å². The predicted octanol–water partition coefficient (Wildman–Crippen LogP) is 3.69. The first kappa shape index (κ1) is 30.1. The summed E-state index contributed by atoms with van der Waals surface area (Å²) in [5.74, 6) is 4.58. The van der Waals surface area contributed by atoms with Crippen LogP contribution in [-0.2, 0) is 22.2 Å². The van der Waals surface area contributed by atoms with Crippen LogP contribution in [0.25, 0.3) is 0 Å². The number of carbonyl (C=O) groups is 3. The van der Waals surface area contributed by atoms with E-state index < -0.39 is 36.1 Å². The van der Waals surface area contributed by atoms with Crippen molar-refractivity contribution in [1.82, 2.24) is 5.32 Å². The lowest BCUT2D eigenvalue weighted by Crippen LogP contribution is -2.46. The van der Waals surface area contributed by atoms with Crippen molar-refractivity contribution in [2.45, 2.75) is 31.5 Å². The first-order valence-corrected chi connectivity index (χ1v) is 12.4. The van der Waals surface area contributed by atoms with Gasteiger partial charge in [-0.2, -0.15) is 13.2 Å². The summed E-state index contributed by atoms with van der Waals surface area (Å²) >= 11 is 0. The molecular formula is C30H28F3N3O4. The highest BCUT2D eigenvalue weighted by Crippen LogP contribution is 2.32. The topological polar surface area (TPSA) is 122 Å². The summed E-state index contributed by atoms with van der Waals surface area (Å²) in [5.41, 5.74) is 7.12. The van der Waals surface area contributed by atoms with Gasteiger partial charge < -0.3 is 21.5 Å². The third-order valence-corrected chi connectivity index (χ3v) is 5.93. The van der Waals surface area contributed by atoms with E-state index in [-0.39, 0.29) is 37.3 Å². The standard InChI is InChI=1S/C30H28F3N3O4/c31-30(32,33)25-6-2-1-4-22(25)5-3-7-28(39)35-24-16-12-21(13-17-24)9-8-20-10-14-23(15-11-20)29(40)36-26(18-34)27(38)19-37/h1-2,4,6,10-17,26,37H,3,5,7,18-19,34H2,(H,35,39)(H,36,40)/t26-/m0/s1. The molecule has 7 nitrogen and oxygen atoms in total. The Kier molecular flexibility index (Phi) is 10.6. The summed E-state index contributed by atoms with van der Waals surface area (Å²) in [6.07, 6.45) is -3.94. The number of aliphatic hydroxyl groups is 1. The number of hydrogen-bond donors (Lipinski definition) is 4. The van der Waals surface area contributed by atoms with Crippen molar-refractivity contribution in [3.8, 4) is 11.8 Å². The molecule has 0 saturated heterocycles. The molecule has 0 radical (unpaired) electrons. The number of amides is 2. The smallest absolute Gasteiger partial charge is 0.388 e. The number of nitrogens with one attached hydrogen (secondary N) is 2. The number of hydrogen-bond acceptors (Lipinski definition) is 5. The number of rotatable bonds is 10. The second-order valence-electron chi connectivity index (χ2n) is 8.85. The van der Waals surface area contributed by atoms with Crippen molar-refractivity contribution in [3.63, 3.8) is 0 Å². The van der Waals surface area contributed by atoms with Gasteiger partial charge in [0.2, 0.25) is 5.91 Å². The predicted molar refractivity (Wildman–Crippen MR) is 144 cm³/mol. The highest BCUT2D eigenvalue weighted by atomic mass is 19.4. The quantitative estimate of drug-likeness (QED) is 0.287. The average molecular weight is 552 g/mol. The number of carbonyl (C=O) groups excluding carboxylic acids is 3. The first-order valence-electron chi connectivity index (χ1n) is 12.4. The van der Waals surface area contributed by atoms with Crippen LogP contribution >= 0.6 is 0 Å². The Labute approximate surface area is 229 Å². The number of ketones is 1. The van der Waals surface area contributed by atoms with E-state index in [9.17, 15) is 27.6 Å². The van der Waals surface area contributed by atoms with Gasteiger partial charge in [-0.3, -0.25) is 14.4 Å². The zero-order valence-corrected chi connectivity index (χ0v) is 21.4. The van der Waals surface area contributed by atoms with E-state index in [4.69, 9.17) is 10.8 Å². The molecule has 0 aliphatic heterocycles. The van der Waals surface area contributed by atoms with Gasteiger partial charge in [0.15, 0.2) is 5.78 Å². The third kappa shape index (κ3) is 8.80. The number of benzene rings is 3. The zero-order chi connectivity index (χ0) is 29.1. The minimum absolute atomic E-state index is 0.0758. The van der Waals surface area contributed by atoms with E-state index in [0.29, 0.717) is 22.4 Å². The molecule has 3 aromatic carbocycles. The molecule has 0 saturated carbocycles. The minimum atomic E-state index is -4.43. The molecule has 3 aromatic rings. The fraction of sp³-hybridized carbons (Fsp3) is 0.233. The molecule has 3 rings (SSSR count). The molecule has 0 heterocycles. The van der Waals surface area contributed by atoms with Crippen LogP contribution in [0.1, 0.15) is 45.5 Å². The van der Waals surface area contributed by atoms with Gasteiger partial charge in [0.05, 0.1) is 5.56 Å². The lowest BCUT2D eigenvalue weighted by atomic mass is 10.0. The van der Waals surface area contributed by atoms with E-state index >= 15 is 0 Å². The Hall–Kier alpha value is -4.46. The van der Waals surface area contributed by atoms with Crippen LogP contribution in [0, 0.1) is 11.8 Å². The summed E-state index contributed by atoms with van der Waals surface area (Å²) in [5, 5.41) is 14.1. The van der Waals surface area contributed by atoms with Crippen molar-refractivity contribution >= 4 is 23.3 Å². The summed E-state index contributed by atoms with van der Waals surface area (Å²) in [4.78, 5) is 36.1. The van der Waals surface area contributed by atoms with E-state index in [1.54, 1.807) is 54.6 Å². The molecule has 10 heteroatoms. The van der Waals surface area contributed by atoms with Crippen LogP contribution in [0.2, 0.25) is 0 Å². The number of nitrogens with two attached hydrogens (primary N) is 1. The van der Waals surface area contributed by atoms with E-state index in [2.05, 4.69) is 22.5 Å². The summed E-state index contributed by atoms with van der Waals surface area (Å²) in [7, 11) is 0. The number of anilines is 1. The molecule has 0 fully saturated rings. The molecule has 0 aromatic heterocycles. The Bertz CT molecular complexity index is 1390. The maximum absolute atomic E-state index is 13.1. The van der Waals surface area contributed by atoms with Crippen molar-refractivity contribution in [1.29, 1.82) is 0 Å². The molecule has 0 bridgehead atoms. The van der Waals surface area contributed by atoms with Gasteiger partial charge in [0.25, 0.3) is 5.91 Å². The highest BCUT2D eigenvalue weighted by molar-refractivity contribution is 5.98. The normalized spacial score (nSPS) is 11.6. The second kappa shape index (κ2) is 14.1. The molecule has 40 heavy (non-hydrogen) atoms. The first-order chi connectivity index (χ1) is 19.1. The van der Waals surface area contributed by atoms with Gasteiger partial charge in [-0.15, -0.1) is 0 Å². The van der Waals surface area contributed by atoms with Crippen molar-refractivity contribution in [3.05, 3.63) is 101 Å². The van der Waals surface area contributed by atoms with Crippen LogP contribution in [0.5, 0.6) is 0 Å². The van der Waals surface area contributed by atoms with Crippen LogP contribution < -0.4 is 16.4 Å². The molecular weight excluding hydrogens is 523 g/mol. The molecule has 1 atom stereocenters. The fourth-order valence-electron chi connectivity index (χ4n) is 3.79. The average Bonchev–Trinajstić information content (AvgIpc) is 2.95. The van der Waals surface area contributed by atoms with Crippen molar-refractivity contribution in [2.24, 2.45) is 5.73 Å². The highest BCUT2D eigenvalue weighted by Gasteiger charge is 2.32. The molecule has 208 valence electrons. The lowest BCUT2D eigenvalue weighted by Gasteiger charge is -2.14. The number of alkyl halides is 3. The van der Waals surface area contributed by atoms with Gasteiger partial charge >= 0.3 is 6.18 Å². The maximum Gasteiger partial charge on any atom is 0.416 e. The second-order valence-corrected chi connectivity index (χ2v) is 8.85. The SMILES string of the molecule is NC[C@H](NC(=O)c1ccc(C#Cc2ccc(NC(=O)CCCc3ccccc3C(F)(F)F)cc2)cc1)C(=O)CO. The van der Waals surface area contributed by atoms with Gasteiger partial charge in [-0.05, 0) is 73.0 Å². The Morgan fingerprint density at radius 1 is 0.900 bits per heavy atom. The molecule has 2 amide bonds.